The lowest BCUT2D eigenvalue weighted by molar-refractivity contribution is 0.101. The number of para-hydroxylation sites is 2. The van der Waals surface area contributed by atoms with Crippen molar-refractivity contribution < 1.29 is 9.53 Å². The van der Waals surface area contributed by atoms with Gasteiger partial charge in [0.15, 0.2) is 12.4 Å². The standard InChI is InChI=1S/C19H16ClN5O2/c1-24-17-8-3-2-7-15(17)21-19(24)22-18(26)16-9-10-25(23-16)12-27-14-6-4-5-13(20)11-14/h2-11H,12H2,1H3,(H,21,22,26). The number of amides is 1. The van der Waals surface area contributed by atoms with Gasteiger partial charge in [-0.3, -0.25) is 10.1 Å². The molecule has 0 unspecified atom stereocenters. The summed E-state index contributed by atoms with van der Waals surface area (Å²) in [6, 6.07) is 16.4. The van der Waals surface area contributed by atoms with E-state index in [1.54, 1.807) is 36.5 Å². The minimum atomic E-state index is -0.338. The number of hydrogen-bond donors (Lipinski definition) is 1. The zero-order valence-electron chi connectivity index (χ0n) is 14.5. The predicted octanol–water partition coefficient (Wildman–Crippen LogP) is 3.71. The number of anilines is 1. The number of halogens is 1. The molecule has 8 heteroatoms. The average Bonchev–Trinajstić information content (AvgIpc) is 3.26. The first-order chi connectivity index (χ1) is 13.1. The van der Waals surface area contributed by atoms with Crippen molar-refractivity contribution in [2.24, 2.45) is 7.05 Å². The van der Waals surface area contributed by atoms with Crippen LogP contribution in [-0.4, -0.2) is 25.2 Å². The van der Waals surface area contributed by atoms with E-state index in [9.17, 15) is 4.79 Å². The number of rotatable bonds is 5. The van der Waals surface area contributed by atoms with Gasteiger partial charge >= 0.3 is 0 Å². The summed E-state index contributed by atoms with van der Waals surface area (Å²) in [5, 5.41) is 7.62. The van der Waals surface area contributed by atoms with Gasteiger partial charge in [-0.05, 0) is 36.4 Å². The Bertz CT molecular complexity index is 1120. The number of nitrogens with zero attached hydrogens (tertiary/aromatic N) is 4. The molecule has 0 aliphatic rings. The van der Waals surface area contributed by atoms with Crippen molar-refractivity contribution in [2.45, 2.75) is 6.73 Å². The van der Waals surface area contributed by atoms with Crippen LogP contribution in [0.3, 0.4) is 0 Å². The van der Waals surface area contributed by atoms with E-state index in [0.29, 0.717) is 16.7 Å². The highest BCUT2D eigenvalue weighted by molar-refractivity contribution is 6.30. The third kappa shape index (κ3) is 3.63. The van der Waals surface area contributed by atoms with E-state index in [4.69, 9.17) is 16.3 Å². The zero-order valence-corrected chi connectivity index (χ0v) is 15.2. The van der Waals surface area contributed by atoms with E-state index < -0.39 is 0 Å². The summed E-state index contributed by atoms with van der Waals surface area (Å²) in [5.41, 5.74) is 2.03. The van der Waals surface area contributed by atoms with Crippen LogP contribution in [0.1, 0.15) is 10.5 Å². The first-order valence-electron chi connectivity index (χ1n) is 8.25. The molecule has 2 aromatic heterocycles. The number of hydrogen-bond acceptors (Lipinski definition) is 4. The van der Waals surface area contributed by atoms with Gasteiger partial charge in [-0.15, -0.1) is 0 Å². The van der Waals surface area contributed by atoms with Gasteiger partial charge in [0.25, 0.3) is 5.91 Å². The first-order valence-corrected chi connectivity index (χ1v) is 8.62. The molecule has 0 aliphatic heterocycles. The Balaban J connectivity index is 1.44. The Hall–Kier alpha value is -3.32. The molecule has 2 aromatic carbocycles. The van der Waals surface area contributed by atoms with Crippen LogP contribution in [0.4, 0.5) is 5.95 Å². The summed E-state index contributed by atoms with van der Waals surface area (Å²) in [6.07, 6.45) is 1.67. The Morgan fingerprint density at radius 1 is 1.19 bits per heavy atom. The number of benzene rings is 2. The molecule has 0 atom stereocenters. The number of carbonyl (C=O) groups excluding carboxylic acids is 1. The molecule has 136 valence electrons. The highest BCUT2D eigenvalue weighted by atomic mass is 35.5. The van der Waals surface area contributed by atoms with Crippen LogP contribution in [0.2, 0.25) is 5.02 Å². The van der Waals surface area contributed by atoms with Crippen molar-refractivity contribution in [1.82, 2.24) is 19.3 Å². The van der Waals surface area contributed by atoms with Crippen LogP contribution in [0, 0.1) is 0 Å². The van der Waals surface area contributed by atoms with Crippen molar-refractivity contribution in [3.63, 3.8) is 0 Å². The molecule has 1 amide bonds. The molecular formula is C19H16ClN5O2. The van der Waals surface area contributed by atoms with Crippen LogP contribution in [0.25, 0.3) is 11.0 Å². The molecule has 4 aromatic rings. The quantitative estimate of drug-likeness (QED) is 0.572. The number of aryl methyl sites for hydroxylation is 1. The lowest BCUT2D eigenvalue weighted by atomic mass is 10.3. The summed E-state index contributed by atoms with van der Waals surface area (Å²) in [6.45, 7) is 0.167. The summed E-state index contributed by atoms with van der Waals surface area (Å²) in [7, 11) is 1.85. The molecule has 0 saturated carbocycles. The molecule has 0 aliphatic carbocycles. The van der Waals surface area contributed by atoms with Gasteiger partial charge in [-0.1, -0.05) is 29.8 Å². The van der Waals surface area contributed by atoms with Crippen LogP contribution in [0.5, 0.6) is 5.75 Å². The predicted molar refractivity (Wildman–Crippen MR) is 103 cm³/mol. The van der Waals surface area contributed by atoms with Crippen molar-refractivity contribution in [3.8, 4) is 5.75 Å². The second-order valence-electron chi connectivity index (χ2n) is 5.91. The summed E-state index contributed by atoms with van der Waals surface area (Å²) in [4.78, 5) is 16.9. The van der Waals surface area contributed by atoms with Crippen molar-refractivity contribution >= 4 is 34.5 Å². The van der Waals surface area contributed by atoms with Crippen LogP contribution < -0.4 is 10.1 Å². The molecule has 1 N–H and O–H groups in total. The number of nitrogens with one attached hydrogen (secondary N) is 1. The van der Waals surface area contributed by atoms with Gasteiger partial charge in [0, 0.05) is 18.3 Å². The molecule has 0 fully saturated rings. The van der Waals surface area contributed by atoms with Crippen molar-refractivity contribution in [3.05, 3.63) is 71.5 Å². The fourth-order valence-corrected chi connectivity index (χ4v) is 2.86. The number of fused-ring (bicyclic) bond motifs is 1. The van der Waals surface area contributed by atoms with Gasteiger partial charge in [0.05, 0.1) is 11.0 Å². The molecule has 27 heavy (non-hydrogen) atoms. The molecule has 0 saturated heterocycles. The van der Waals surface area contributed by atoms with E-state index in [1.807, 2.05) is 35.9 Å². The van der Waals surface area contributed by atoms with E-state index >= 15 is 0 Å². The highest BCUT2D eigenvalue weighted by Crippen LogP contribution is 2.19. The Labute approximate surface area is 160 Å². The monoisotopic (exact) mass is 381 g/mol. The summed E-state index contributed by atoms with van der Waals surface area (Å²) < 4.78 is 8.97. The molecule has 0 radical (unpaired) electrons. The summed E-state index contributed by atoms with van der Waals surface area (Å²) >= 11 is 5.93. The summed E-state index contributed by atoms with van der Waals surface area (Å²) in [5.74, 6) is 0.754. The largest absolute Gasteiger partial charge is 0.471 e. The zero-order chi connectivity index (χ0) is 18.8. The minimum Gasteiger partial charge on any atom is -0.471 e. The third-order valence-electron chi connectivity index (χ3n) is 4.05. The number of carbonyl (C=O) groups is 1. The number of ether oxygens (including phenoxy) is 1. The van der Waals surface area contributed by atoms with Gasteiger partial charge in [-0.2, -0.15) is 5.10 Å². The molecule has 7 nitrogen and oxygen atoms in total. The maximum atomic E-state index is 12.5. The normalized spacial score (nSPS) is 10.9. The average molecular weight is 382 g/mol. The van der Waals surface area contributed by atoms with E-state index in [1.165, 1.54) is 4.68 Å². The number of aromatic nitrogens is 4. The SMILES string of the molecule is Cn1c(NC(=O)c2ccn(COc3cccc(Cl)c3)n2)nc2ccccc21. The van der Waals surface area contributed by atoms with E-state index in [0.717, 1.165) is 11.0 Å². The lowest BCUT2D eigenvalue weighted by Gasteiger charge is -2.06. The molecule has 0 bridgehead atoms. The second kappa shape index (κ2) is 7.13. The van der Waals surface area contributed by atoms with Gasteiger partial charge in [0.2, 0.25) is 5.95 Å². The smallest absolute Gasteiger partial charge is 0.278 e. The Morgan fingerprint density at radius 3 is 2.85 bits per heavy atom. The topological polar surface area (TPSA) is 74.0 Å². The van der Waals surface area contributed by atoms with Crippen molar-refractivity contribution in [2.75, 3.05) is 5.32 Å². The lowest BCUT2D eigenvalue weighted by Crippen LogP contribution is -2.16. The highest BCUT2D eigenvalue weighted by Gasteiger charge is 2.14. The molecule has 0 spiro atoms. The first kappa shape index (κ1) is 17.1. The maximum Gasteiger partial charge on any atom is 0.278 e. The fraction of sp³-hybridized carbons (Fsp3) is 0.105. The van der Waals surface area contributed by atoms with Gasteiger partial charge in [0.1, 0.15) is 5.75 Å². The van der Waals surface area contributed by atoms with Crippen molar-refractivity contribution in [1.29, 1.82) is 0 Å². The maximum absolute atomic E-state index is 12.5. The van der Waals surface area contributed by atoms with Gasteiger partial charge < -0.3 is 9.30 Å². The Morgan fingerprint density at radius 2 is 2.04 bits per heavy atom. The number of imidazole rings is 1. The van der Waals surface area contributed by atoms with E-state index in [-0.39, 0.29) is 18.3 Å². The van der Waals surface area contributed by atoms with Gasteiger partial charge in [-0.25, -0.2) is 9.67 Å². The molecule has 4 rings (SSSR count). The fourth-order valence-electron chi connectivity index (χ4n) is 2.68. The molecular weight excluding hydrogens is 366 g/mol. The molecule has 2 heterocycles. The third-order valence-corrected chi connectivity index (χ3v) is 4.28. The minimum absolute atomic E-state index is 0.167. The van der Waals surface area contributed by atoms with E-state index in [2.05, 4.69) is 15.4 Å². The Kier molecular flexibility index (Phi) is 4.52. The van der Waals surface area contributed by atoms with Crippen LogP contribution in [0.15, 0.2) is 60.8 Å². The van der Waals surface area contributed by atoms with Crippen LogP contribution in [-0.2, 0) is 13.8 Å². The van der Waals surface area contributed by atoms with Crippen LogP contribution >= 0.6 is 11.6 Å². The second-order valence-corrected chi connectivity index (χ2v) is 6.34.